The predicted octanol–water partition coefficient (Wildman–Crippen LogP) is 4.06. The summed E-state index contributed by atoms with van der Waals surface area (Å²) in [5.41, 5.74) is 2.81. The van der Waals surface area contributed by atoms with Crippen molar-refractivity contribution in [3.8, 4) is 0 Å². The number of aromatic nitrogens is 1. The summed E-state index contributed by atoms with van der Waals surface area (Å²) in [6.07, 6.45) is 5.42. The molecule has 0 spiro atoms. The number of carbonyl (C=O) groups excluding carboxylic acids is 3. The minimum absolute atomic E-state index is 0.00397. The van der Waals surface area contributed by atoms with E-state index in [2.05, 4.69) is 5.32 Å². The van der Waals surface area contributed by atoms with Crippen molar-refractivity contribution in [2.24, 2.45) is 0 Å². The van der Waals surface area contributed by atoms with Crippen LogP contribution >= 0.6 is 23.8 Å². The first-order chi connectivity index (χ1) is 16.8. The third-order valence-electron chi connectivity index (χ3n) is 6.40. The molecule has 3 aromatic rings. The molecule has 7 nitrogen and oxygen atoms in total. The van der Waals surface area contributed by atoms with Crippen LogP contribution in [0.1, 0.15) is 24.0 Å². The number of anilines is 1. The molecule has 5 rings (SSSR count). The van der Waals surface area contributed by atoms with E-state index in [1.807, 2.05) is 46.9 Å². The Balaban J connectivity index is 1.52. The number of carbonyl (C=O) groups is 3. The molecule has 0 bridgehead atoms. The number of amides is 3. The Hall–Kier alpha value is -3.49. The lowest BCUT2D eigenvalue weighted by molar-refractivity contribution is -0.130. The van der Waals surface area contributed by atoms with E-state index in [0.717, 1.165) is 42.4 Å². The molecule has 35 heavy (non-hydrogen) atoms. The monoisotopic (exact) mass is 506 g/mol. The van der Waals surface area contributed by atoms with E-state index >= 15 is 0 Å². The van der Waals surface area contributed by atoms with Crippen molar-refractivity contribution in [2.45, 2.75) is 26.3 Å². The smallest absolute Gasteiger partial charge is 0.270 e. The van der Waals surface area contributed by atoms with Gasteiger partial charge in [-0.25, -0.2) is 0 Å². The minimum atomic E-state index is -0.570. The van der Waals surface area contributed by atoms with Crippen LogP contribution in [0.4, 0.5) is 5.69 Å². The fourth-order valence-electron chi connectivity index (χ4n) is 4.50. The van der Waals surface area contributed by atoms with Crippen molar-refractivity contribution >= 4 is 69.3 Å². The first-order valence-electron chi connectivity index (χ1n) is 11.4. The maximum atomic E-state index is 13.4. The maximum Gasteiger partial charge on any atom is 0.270 e. The zero-order chi connectivity index (χ0) is 24.7. The van der Waals surface area contributed by atoms with Gasteiger partial charge in [0.1, 0.15) is 12.1 Å². The van der Waals surface area contributed by atoms with Gasteiger partial charge in [0.15, 0.2) is 5.11 Å². The maximum absolute atomic E-state index is 13.4. The van der Waals surface area contributed by atoms with E-state index in [1.54, 1.807) is 24.3 Å². The van der Waals surface area contributed by atoms with Gasteiger partial charge in [-0.3, -0.25) is 24.6 Å². The highest BCUT2D eigenvalue weighted by Crippen LogP contribution is 2.29. The lowest BCUT2D eigenvalue weighted by atomic mass is 10.1. The molecule has 1 aromatic heterocycles. The highest BCUT2D eigenvalue weighted by atomic mass is 35.5. The number of rotatable bonds is 4. The van der Waals surface area contributed by atoms with Gasteiger partial charge in [0, 0.05) is 40.8 Å². The van der Waals surface area contributed by atoms with Gasteiger partial charge in [-0.2, -0.15) is 0 Å². The van der Waals surface area contributed by atoms with Gasteiger partial charge in [-0.15, -0.1) is 0 Å². The topological polar surface area (TPSA) is 74.7 Å². The number of hydrogen-bond acceptors (Lipinski definition) is 4. The number of para-hydroxylation sites is 1. The molecule has 2 aliphatic heterocycles. The number of hydrogen-bond donors (Lipinski definition) is 1. The molecule has 0 atom stereocenters. The number of nitrogens with one attached hydrogen (secondary N) is 1. The Morgan fingerprint density at radius 1 is 1.14 bits per heavy atom. The summed E-state index contributed by atoms with van der Waals surface area (Å²) < 4.78 is 1.87. The van der Waals surface area contributed by atoms with Gasteiger partial charge in [0.25, 0.3) is 11.8 Å². The molecule has 178 valence electrons. The third-order valence-corrected chi connectivity index (χ3v) is 7.09. The average Bonchev–Trinajstić information content (AvgIpc) is 3.48. The van der Waals surface area contributed by atoms with E-state index < -0.39 is 11.8 Å². The van der Waals surface area contributed by atoms with E-state index in [9.17, 15) is 14.4 Å². The Morgan fingerprint density at radius 3 is 2.63 bits per heavy atom. The zero-order valence-electron chi connectivity index (χ0n) is 19.1. The molecule has 9 heteroatoms. The van der Waals surface area contributed by atoms with Gasteiger partial charge in [-0.05, 0) is 61.8 Å². The number of benzene rings is 2. The second kappa shape index (κ2) is 9.28. The van der Waals surface area contributed by atoms with E-state index in [-0.39, 0.29) is 23.1 Å². The largest absolute Gasteiger partial charge is 0.341 e. The average molecular weight is 507 g/mol. The van der Waals surface area contributed by atoms with Crippen LogP contribution in [-0.4, -0.2) is 45.4 Å². The summed E-state index contributed by atoms with van der Waals surface area (Å²) in [5, 5.41) is 3.93. The Bertz CT molecular complexity index is 1420. The first kappa shape index (κ1) is 23.3. The van der Waals surface area contributed by atoms with E-state index in [0.29, 0.717) is 16.3 Å². The fourth-order valence-corrected chi connectivity index (χ4v) is 4.96. The van der Waals surface area contributed by atoms with Crippen LogP contribution in [0.3, 0.4) is 0 Å². The second-order valence-electron chi connectivity index (χ2n) is 8.71. The van der Waals surface area contributed by atoms with Crippen LogP contribution in [0.2, 0.25) is 5.02 Å². The van der Waals surface area contributed by atoms with Crippen molar-refractivity contribution in [3.63, 3.8) is 0 Å². The number of halogens is 1. The number of aryl methyl sites for hydroxylation is 1. The SMILES string of the molecule is Cc1ccc(N2C(=O)C(=Cc3cn(CC(=O)N4CCCC4)c4ccccc34)C(=O)NC2=S)cc1Cl. The van der Waals surface area contributed by atoms with Gasteiger partial charge < -0.3 is 9.47 Å². The van der Waals surface area contributed by atoms with Gasteiger partial charge in [0.2, 0.25) is 5.91 Å². The highest BCUT2D eigenvalue weighted by Gasteiger charge is 2.35. The normalized spacial score (nSPS) is 17.5. The predicted molar refractivity (Wildman–Crippen MR) is 140 cm³/mol. The Kier molecular flexibility index (Phi) is 6.17. The van der Waals surface area contributed by atoms with Gasteiger partial charge >= 0.3 is 0 Å². The summed E-state index contributed by atoms with van der Waals surface area (Å²) in [4.78, 5) is 42.2. The van der Waals surface area contributed by atoms with Crippen molar-refractivity contribution in [1.29, 1.82) is 0 Å². The van der Waals surface area contributed by atoms with E-state index in [4.69, 9.17) is 23.8 Å². The molecule has 0 unspecified atom stereocenters. The summed E-state index contributed by atoms with van der Waals surface area (Å²) in [5.74, 6) is -1.05. The van der Waals surface area contributed by atoms with Crippen LogP contribution in [0.5, 0.6) is 0 Å². The zero-order valence-corrected chi connectivity index (χ0v) is 20.7. The standard InChI is InChI=1S/C26H23ClN4O3S/c1-16-8-9-18(13-21(16)27)31-25(34)20(24(33)28-26(31)35)12-17-14-30(22-7-3-2-6-19(17)22)15-23(32)29-10-4-5-11-29/h2-3,6-9,12-14H,4-5,10-11,15H2,1H3,(H,28,33,35). The van der Waals surface area contributed by atoms with Crippen molar-refractivity contribution in [3.05, 3.63) is 70.4 Å². The van der Waals surface area contributed by atoms with Crippen LogP contribution < -0.4 is 10.2 Å². The second-order valence-corrected chi connectivity index (χ2v) is 9.50. The molecular weight excluding hydrogens is 484 g/mol. The van der Waals surface area contributed by atoms with Crippen molar-refractivity contribution < 1.29 is 14.4 Å². The first-order valence-corrected chi connectivity index (χ1v) is 12.2. The summed E-state index contributed by atoms with van der Waals surface area (Å²) in [6.45, 7) is 3.62. The number of nitrogens with zero attached hydrogens (tertiary/aromatic N) is 3. The number of fused-ring (bicyclic) bond motifs is 1. The van der Waals surface area contributed by atoms with Crippen molar-refractivity contribution in [1.82, 2.24) is 14.8 Å². The van der Waals surface area contributed by atoms with Gasteiger partial charge in [-0.1, -0.05) is 35.9 Å². The van der Waals surface area contributed by atoms with E-state index in [1.165, 1.54) is 4.90 Å². The molecule has 1 N–H and O–H groups in total. The molecule has 2 aliphatic rings. The molecule has 0 radical (unpaired) electrons. The highest BCUT2D eigenvalue weighted by molar-refractivity contribution is 7.80. The van der Waals surface area contributed by atoms with Crippen LogP contribution in [0, 0.1) is 6.92 Å². The number of likely N-dealkylation sites (tertiary alicyclic amines) is 1. The number of thiocarbonyl (C=S) groups is 1. The lowest BCUT2D eigenvalue weighted by Gasteiger charge is -2.29. The summed E-state index contributed by atoms with van der Waals surface area (Å²) in [6, 6.07) is 12.8. The molecule has 0 saturated carbocycles. The Morgan fingerprint density at radius 2 is 1.89 bits per heavy atom. The molecule has 2 fully saturated rings. The third kappa shape index (κ3) is 4.35. The lowest BCUT2D eigenvalue weighted by Crippen LogP contribution is -2.54. The van der Waals surface area contributed by atoms with Crippen LogP contribution in [0.15, 0.2) is 54.2 Å². The summed E-state index contributed by atoms with van der Waals surface area (Å²) in [7, 11) is 0. The van der Waals surface area contributed by atoms with Gasteiger partial charge in [0.05, 0.1) is 5.69 Å². The molecule has 3 heterocycles. The quantitative estimate of drug-likeness (QED) is 0.329. The molecule has 0 aliphatic carbocycles. The Labute approximate surface area is 212 Å². The molecule has 2 saturated heterocycles. The van der Waals surface area contributed by atoms with Crippen molar-refractivity contribution in [2.75, 3.05) is 18.0 Å². The minimum Gasteiger partial charge on any atom is -0.341 e. The molecule has 3 amide bonds. The molecule has 2 aromatic carbocycles. The van der Waals surface area contributed by atoms with Crippen LogP contribution in [0.25, 0.3) is 17.0 Å². The summed E-state index contributed by atoms with van der Waals surface area (Å²) >= 11 is 11.6. The van der Waals surface area contributed by atoms with Crippen LogP contribution in [-0.2, 0) is 20.9 Å². The fraction of sp³-hybridized carbons (Fsp3) is 0.231. The molecular formula is C26H23ClN4O3S.